The molecule has 0 atom stereocenters. The van der Waals surface area contributed by atoms with Crippen LogP contribution >= 0.6 is 0 Å². The normalized spacial score (nSPS) is 13.3. The molecule has 0 aliphatic carbocycles. The van der Waals surface area contributed by atoms with Crippen LogP contribution in [0.25, 0.3) is 16.7 Å². The number of nitrogens with zero attached hydrogens (tertiary/aromatic N) is 3. The predicted molar refractivity (Wildman–Crippen MR) is 113 cm³/mol. The molecule has 29 heavy (non-hydrogen) atoms. The quantitative estimate of drug-likeness (QED) is 0.532. The van der Waals surface area contributed by atoms with Gasteiger partial charge in [-0.15, -0.1) is 0 Å². The fraction of sp³-hybridized carbons (Fsp3) is 0.167. The van der Waals surface area contributed by atoms with Gasteiger partial charge >= 0.3 is 0 Å². The number of fused-ring (bicyclic) bond motifs is 2. The number of hydrogen-bond acceptors (Lipinski definition) is 3. The molecule has 144 valence electrons. The lowest BCUT2D eigenvalue weighted by Gasteiger charge is -2.29. The average Bonchev–Trinajstić information content (AvgIpc) is 3.21. The molecule has 0 spiro atoms. The number of para-hydroxylation sites is 1. The van der Waals surface area contributed by atoms with Crippen LogP contribution in [0.15, 0.2) is 73.1 Å². The highest BCUT2D eigenvalue weighted by molar-refractivity contribution is 5.97. The zero-order valence-electron chi connectivity index (χ0n) is 16.2. The minimum Gasteiger partial charge on any atom is -0.497 e. The largest absolute Gasteiger partial charge is 0.497 e. The summed E-state index contributed by atoms with van der Waals surface area (Å²) < 4.78 is 7.35. The number of imidazole rings is 1. The summed E-state index contributed by atoms with van der Waals surface area (Å²) in [5.74, 6) is 0.908. The van der Waals surface area contributed by atoms with Crippen molar-refractivity contribution < 1.29 is 9.53 Å². The Kier molecular flexibility index (Phi) is 4.28. The van der Waals surface area contributed by atoms with Crippen LogP contribution in [-0.4, -0.2) is 34.0 Å². The van der Waals surface area contributed by atoms with Gasteiger partial charge in [0.05, 0.1) is 18.1 Å². The first-order valence-corrected chi connectivity index (χ1v) is 9.70. The Labute approximate surface area is 169 Å². The number of hydrogen-bond donors (Lipinski definition) is 0. The average molecular weight is 383 g/mol. The number of methoxy groups -OCH3 is 1. The molecule has 5 heteroatoms. The highest BCUT2D eigenvalue weighted by Crippen LogP contribution is 2.26. The molecule has 1 aromatic heterocycles. The van der Waals surface area contributed by atoms with Gasteiger partial charge in [-0.05, 0) is 60.0 Å². The molecule has 5 nitrogen and oxygen atoms in total. The van der Waals surface area contributed by atoms with E-state index in [1.807, 2.05) is 64.1 Å². The first kappa shape index (κ1) is 17.5. The minimum atomic E-state index is 0.0441. The third-order valence-corrected chi connectivity index (χ3v) is 5.54. The molecule has 0 N–H and O–H groups in total. The van der Waals surface area contributed by atoms with E-state index in [9.17, 15) is 4.79 Å². The minimum absolute atomic E-state index is 0.0441. The maximum Gasteiger partial charge on any atom is 0.254 e. The van der Waals surface area contributed by atoms with Gasteiger partial charge in [0.15, 0.2) is 0 Å². The molecule has 4 aromatic rings. The molecule has 0 radical (unpaired) electrons. The van der Waals surface area contributed by atoms with Crippen LogP contribution in [0.4, 0.5) is 0 Å². The topological polar surface area (TPSA) is 47.4 Å². The summed E-state index contributed by atoms with van der Waals surface area (Å²) in [6.45, 7) is 1.32. The molecule has 0 fully saturated rings. The molecule has 5 rings (SSSR count). The lowest BCUT2D eigenvalue weighted by atomic mass is 9.98. The first-order chi connectivity index (χ1) is 14.2. The van der Waals surface area contributed by atoms with Crippen molar-refractivity contribution >= 4 is 16.9 Å². The van der Waals surface area contributed by atoms with Gasteiger partial charge in [-0.1, -0.05) is 24.3 Å². The predicted octanol–water partition coefficient (Wildman–Crippen LogP) is 4.23. The third-order valence-electron chi connectivity index (χ3n) is 5.54. The second kappa shape index (κ2) is 7.09. The van der Waals surface area contributed by atoms with Gasteiger partial charge in [-0.25, -0.2) is 4.98 Å². The van der Waals surface area contributed by atoms with E-state index in [1.54, 1.807) is 13.4 Å². The van der Waals surface area contributed by atoms with Crippen molar-refractivity contribution in [2.24, 2.45) is 0 Å². The molecule has 1 aliphatic heterocycles. The van der Waals surface area contributed by atoms with Crippen molar-refractivity contribution in [3.8, 4) is 11.4 Å². The monoisotopic (exact) mass is 383 g/mol. The summed E-state index contributed by atoms with van der Waals surface area (Å²) in [6.07, 6.45) is 2.64. The van der Waals surface area contributed by atoms with Crippen LogP contribution in [0.3, 0.4) is 0 Å². The maximum atomic E-state index is 13.1. The van der Waals surface area contributed by atoms with E-state index >= 15 is 0 Å². The van der Waals surface area contributed by atoms with Crippen LogP contribution in [0.5, 0.6) is 5.75 Å². The molecule has 2 heterocycles. The Morgan fingerprint density at radius 3 is 2.69 bits per heavy atom. The summed E-state index contributed by atoms with van der Waals surface area (Å²) in [5.41, 5.74) is 5.97. The van der Waals surface area contributed by atoms with Gasteiger partial charge in [0.25, 0.3) is 5.91 Å². The van der Waals surface area contributed by atoms with Crippen molar-refractivity contribution in [2.45, 2.75) is 13.0 Å². The summed E-state index contributed by atoms with van der Waals surface area (Å²) in [4.78, 5) is 19.5. The van der Waals surface area contributed by atoms with Gasteiger partial charge in [-0.2, -0.15) is 0 Å². The SMILES string of the molecule is COc1ccc2c(c1)CCN(C(=O)c1ccc3c(c1)ncn3-c1ccccc1)C2. The van der Waals surface area contributed by atoms with E-state index < -0.39 is 0 Å². The van der Waals surface area contributed by atoms with Crippen molar-refractivity contribution in [2.75, 3.05) is 13.7 Å². The Bertz CT molecular complexity index is 1200. The van der Waals surface area contributed by atoms with E-state index in [0.717, 1.165) is 28.9 Å². The summed E-state index contributed by atoms with van der Waals surface area (Å²) >= 11 is 0. The highest BCUT2D eigenvalue weighted by Gasteiger charge is 2.22. The molecule has 0 saturated carbocycles. The van der Waals surface area contributed by atoms with Crippen molar-refractivity contribution in [1.29, 1.82) is 0 Å². The Morgan fingerprint density at radius 1 is 1.00 bits per heavy atom. The Morgan fingerprint density at radius 2 is 1.86 bits per heavy atom. The second-order valence-electron chi connectivity index (χ2n) is 7.26. The number of carbonyl (C=O) groups is 1. The Balaban J connectivity index is 1.41. The van der Waals surface area contributed by atoms with Gasteiger partial charge < -0.3 is 9.64 Å². The van der Waals surface area contributed by atoms with E-state index in [0.29, 0.717) is 18.7 Å². The molecule has 0 unspecified atom stereocenters. The van der Waals surface area contributed by atoms with Crippen LogP contribution < -0.4 is 4.74 Å². The number of carbonyl (C=O) groups excluding carboxylic acids is 1. The zero-order valence-corrected chi connectivity index (χ0v) is 16.2. The van der Waals surface area contributed by atoms with E-state index in [4.69, 9.17) is 4.74 Å². The van der Waals surface area contributed by atoms with E-state index in [-0.39, 0.29) is 5.91 Å². The van der Waals surface area contributed by atoms with Gasteiger partial charge in [-0.3, -0.25) is 9.36 Å². The van der Waals surface area contributed by atoms with Crippen molar-refractivity contribution in [3.05, 3.63) is 89.7 Å². The number of aromatic nitrogens is 2. The van der Waals surface area contributed by atoms with E-state index in [1.165, 1.54) is 11.1 Å². The first-order valence-electron chi connectivity index (χ1n) is 9.70. The molecule has 0 bridgehead atoms. The van der Waals surface area contributed by atoms with Crippen LogP contribution in [0, 0.1) is 0 Å². The lowest BCUT2D eigenvalue weighted by Crippen LogP contribution is -2.35. The number of benzene rings is 3. The number of ether oxygens (including phenoxy) is 1. The highest BCUT2D eigenvalue weighted by atomic mass is 16.5. The molecule has 1 amide bonds. The van der Waals surface area contributed by atoms with Gasteiger partial charge in [0, 0.05) is 24.3 Å². The number of rotatable bonds is 3. The molecular formula is C24H21N3O2. The summed E-state index contributed by atoms with van der Waals surface area (Å²) in [7, 11) is 1.68. The third kappa shape index (κ3) is 3.14. The van der Waals surface area contributed by atoms with Crippen molar-refractivity contribution in [1.82, 2.24) is 14.5 Å². The fourth-order valence-electron chi connectivity index (χ4n) is 3.95. The van der Waals surface area contributed by atoms with Crippen molar-refractivity contribution in [3.63, 3.8) is 0 Å². The number of amides is 1. The van der Waals surface area contributed by atoms with Crippen LogP contribution in [0.1, 0.15) is 21.5 Å². The fourth-order valence-corrected chi connectivity index (χ4v) is 3.95. The molecule has 3 aromatic carbocycles. The molecule has 1 aliphatic rings. The molecule has 0 saturated heterocycles. The van der Waals surface area contributed by atoms with Gasteiger partial charge in [0.2, 0.25) is 0 Å². The van der Waals surface area contributed by atoms with Crippen LogP contribution in [0.2, 0.25) is 0 Å². The standard InChI is InChI=1S/C24H21N3O2/c1-29-21-9-7-19-15-26(12-11-17(19)13-21)24(28)18-8-10-23-22(14-18)25-16-27(23)20-5-3-2-4-6-20/h2-10,13-14,16H,11-12,15H2,1H3. The maximum absolute atomic E-state index is 13.1. The zero-order chi connectivity index (χ0) is 19.8. The van der Waals surface area contributed by atoms with Gasteiger partial charge in [0.1, 0.15) is 12.1 Å². The Hall–Kier alpha value is -3.60. The van der Waals surface area contributed by atoms with Crippen LogP contribution in [-0.2, 0) is 13.0 Å². The smallest absolute Gasteiger partial charge is 0.254 e. The lowest BCUT2D eigenvalue weighted by molar-refractivity contribution is 0.0735. The molecular weight excluding hydrogens is 362 g/mol. The summed E-state index contributed by atoms with van der Waals surface area (Å²) in [6, 6.07) is 21.9. The summed E-state index contributed by atoms with van der Waals surface area (Å²) in [5, 5.41) is 0. The van der Waals surface area contributed by atoms with E-state index in [2.05, 4.69) is 17.1 Å². The second-order valence-corrected chi connectivity index (χ2v) is 7.26.